The minimum Gasteiger partial charge on any atom is -0.331 e. The van der Waals surface area contributed by atoms with E-state index in [9.17, 15) is 18.0 Å². The minimum atomic E-state index is -4.52. The van der Waals surface area contributed by atoms with Crippen molar-refractivity contribution in [3.8, 4) is 11.1 Å². The molecule has 1 fully saturated rings. The zero-order chi connectivity index (χ0) is 19.7. The highest BCUT2D eigenvalue weighted by Crippen LogP contribution is 2.37. The maximum atomic E-state index is 13.2. The number of carbonyl (C=O) groups excluding carboxylic acids is 1. The molecule has 1 saturated carbocycles. The number of benzene rings is 2. The molecule has 4 rings (SSSR count). The lowest BCUT2D eigenvalue weighted by Crippen LogP contribution is -2.33. The highest BCUT2D eigenvalue weighted by Gasteiger charge is 2.40. The van der Waals surface area contributed by atoms with Crippen LogP contribution in [0.2, 0.25) is 0 Å². The van der Waals surface area contributed by atoms with Crippen LogP contribution < -0.4 is 0 Å². The van der Waals surface area contributed by atoms with Crippen LogP contribution in [0, 0.1) is 0 Å². The molecule has 0 atom stereocenters. The van der Waals surface area contributed by atoms with E-state index < -0.39 is 17.6 Å². The first-order valence-corrected chi connectivity index (χ1v) is 9.96. The Morgan fingerprint density at radius 2 is 1.71 bits per heavy atom. The Bertz CT molecular complexity index is 977. The van der Waals surface area contributed by atoms with Crippen molar-refractivity contribution in [2.24, 2.45) is 0 Å². The average Bonchev–Trinajstić information content (AvgIpc) is 3.40. The number of thiophene rings is 1. The molecule has 1 heterocycles. The first-order chi connectivity index (χ1) is 13.4. The van der Waals surface area contributed by atoms with Gasteiger partial charge in [-0.25, -0.2) is 0 Å². The van der Waals surface area contributed by atoms with Crippen molar-refractivity contribution in [3.05, 3.63) is 82.0 Å². The predicted octanol–water partition coefficient (Wildman–Crippen LogP) is 6.24. The number of carbonyl (C=O) groups is 1. The van der Waals surface area contributed by atoms with Crippen molar-refractivity contribution in [2.45, 2.75) is 31.6 Å². The van der Waals surface area contributed by atoms with Gasteiger partial charge < -0.3 is 4.90 Å². The molecular weight excluding hydrogens is 383 g/mol. The summed E-state index contributed by atoms with van der Waals surface area (Å²) in [5.41, 5.74) is 1.90. The van der Waals surface area contributed by atoms with E-state index >= 15 is 0 Å². The molecule has 28 heavy (non-hydrogen) atoms. The minimum absolute atomic E-state index is 0.00821. The van der Waals surface area contributed by atoms with Crippen LogP contribution in [-0.4, -0.2) is 16.8 Å². The molecule has 1 aromatic heterocycles. The summed E-state index contributed by atoms with van der Waals surface area (Å²) in [6.07, 6.45) is -2.86. The Labute approximate surface area is 165 Å². The van der Waals surface area contributed by atoms with Crippen LogP contribution >= 0.6 is 11.3 Å². The van der Waals surface area contributed by atoms with Gasteiger partial charge in [-0.1, -0.05) is 48.5 Å². The summed E-state index contributed by atoms with van der Waals surface area (Å²) < 4.78 is 39.7. The lowest BCUT2D eigenvalue weighted by Gasteiger charge is -2.23. The van der Waals surface area contributed by atoms with Crippen molar-refractivity contribution in [1.29, 1.82) is 0 Å². The fourth-order valence-electron chi connectivity index (χ4n) is 3.27. The third-order valence-electron chi connectivity index (χ3n) is 4.83. The zero-order valence-electron chi connectivity index (χ0n) is 14.9. The van der Waals surface area contributed by atoms with Gasteiger partial charge >= 0.3 is 6.18 Å². The van der Waals surface area contributed by atoms with Crippen molar-refractivity contribution in [3.63, 3.8) is 0 Å². The largest absolute Gasteiger partial charge is 0.417 e. The van der Waals surface area contributed by atoms with Gasteiger partial charge in [0.15, 0.2) is 0 Å². The van der Waals surface area contributed by atoms with Crippen LogP contribution in [0.25, 0.3) is 11.1 Å². The predicted molar refractivity (Wildman–Crippen MR) is 104 cm³/mol. The molecule has 2 aromatic carbocycles. The summed E-state index contributed by atoms with van der Waals surface area (Å²) in [6.45, 7) is 0.303. The van der Waals surface area contributed by atoms with E-state index in [0.717, 1.165) is 46.2 Å². The van der Waals surface area contributed by atoms with Gasteiger partial charge in [0.1, 0.15) is 0 Å². The summed E-state index contributed by atoms with van der Waals surface area (Å²) >= 11 is 0.909. The number of hydrogen-bond donors (Lipinski definition) is 0. The molecule has 0 N–H and O–H groups in total. The second-order valence-electron chi connectivity index (χ2n) is 6.93. The molecule has 6 heteroatoms. The van der Waals surface area contributed by atoms with E-state index in [-0.39, 0.29) is 11.6 Å². The maximum absolute atomic E-state index is 13.2. The molecule has 0 aliphatic heterocycles. The Kier molecular flexibility index (Phi) is 4.98. The van der Waals surface area contributed by atoms with Gasteiger partial charge in [0.05, 0.1) is 11.1 Å². The van der Waals surface area contributed by atoms with Gasteiger partial charge in [-0.2, -0.15) is 24.5 Å². The van der Waals surface area contributed by atoms with Crippen LogP contribution in [0.5, 0.6) is 0 Å². The quantitative estimate of drug-likeness (QED) is 0.496. The summed E-state index contributed by atoms with van der Waals surface area (Å²) in [7, 11) is 0. The Balaban J connectivity index is 1.61. The number of alkyl halides is 3. The maximum Gasteiger partial charge on any atom is 0.417 e. The lowest BCUT2D eigenvalue weighted by molar-refractivity contribution is -0.137. The van der Waals surface area contributed by atoms with Crippen molar-refractivity contribution >= 4 is 17.2 Å². The van der Waals surface area contributed by atoms with Gasteiger partial charge in [-0.15, -0.1) is 0 Å². The lowest BCUT2D eigenvalue weighted by atomic mass is 10.0. The van der Waals surface area contributed by atoms with Gasteiger partial charge in [-0.3, -0.25) is 4.79 Å². The molecule has 0 unspecified atom stereocenters. The number of nitrogens with zero attached hydrogens (tertiary/aromatic N) is 1. The molecule has 0 bridgehead atoms. The fourth-order valence-corrected chi connectivity index (χ4v) is 4.09. The van der Waals surface area contributed by atoms with E-state index in [1.54, 1.807) is 4.90 Å². The van der Waals surface area contributed by atoms with Gasteiger partial charge in [0.2, 0.25) is 0 Å². The first kappa shape index (κ1) is 18.7. The van der Waals surface area contributed by atoms with Crippen LogP contribution in [0.3, 0.4) is 0 Å². The van der Waals surface area contributed by atoms with E-state index in [1.807, 2.05) is 54.6 Å². The van der Waals surface area contributed by atoms with Gasteiger partial charge in [0.25, 0.3) is 5.91 Å². The first-order valence-electron chi connectivity index (χ1n) is 9.02. The molecule has 1 amide bonds. The Morgan fingerprint density at radius 1 is 1.00 bits per heavy atom. The van der Waals surface area contributed by atoms with Crippen LogP contribution in [0.1, 0.15) is 34.3 Å². The molecule has 0 saturated heterocycles. The topological polar surface area (TPSA) is 20.3 Å². The molecule has 0 spiro atoms. The monoisotopic (exact) mass is 401 g/mol. The van der Waals surface area contributed by atoms with E-state index in [0.29, 0.717) is 6.54 Å². The van der Waals surface area contributed by atoms with Crippen LogP contribution in [-0.2, 0) is 12.7 Å². The number of halogens is 3. The third kappa shape index (κ3) is 3.97. The van der Waals surface area contributed by atoms with Crippen molar-refractivity contribution in [2.75, 3.05) is 0 Å². The molecule has 1 aliphatic carbocycles. The van der Waals surface area contributed by atoms with Gasteiger partial charge in [-0.05, 0) is 35.6 Å². The standard InChI is InChI=1S/C22H18F3NOS/c23-22(24,25)20-14-28-13-19(20)21(27)26(18-9-10-18)12-15-5-4-8-17(11-15)16-6-2-1-3-7-16/h1-8,11,13-14,18H,9-10,12H2. The van der Waals surface area contributed by atoms with Gasteiger partial charge in [0, 0.05) is 23.3 Å². The second-order valence-corrected chi connectivity index (χ2v) is 7.67. The third-order valence-corrected chi connectivity index (χ3v) is 5.58. The SMILES string of the molecule is O=C(c1cscc1C(F)(F)F)N(Cc1cccc(-c2ccccc2)c1)C1CC1. The van der Waals surface area contributed by atoms with E-state index in [4.69, 9.17) is 0 Å². The number of hydrogen-bond acceptors (Lipinski definition) is 2. The second kappa shape index (κ2) is 7.43. The summed E-state index contributed by atoms with van der Waals surface area (Å²) in [6, 6.07) is 17.7. The van der Waals surface area contributed by atoms with E-state index in [1.165, 1.54) is 5.38 Å². The van der Waals surface area contributed by atoms with E-state index in [2.05, 4.69) is 0 Å². The summed E-state index contributed by atoms with van der Waals surface area (Å²) in [5.74, 6) is -0.541. The molecular formula is C22H18F3NOS. The Hall–Kier alpha value is -2.60. The van der Waals surface area contributed by atoms with Crippen LogP contribution in [0.4, 0.5) is 13.2 Å². The Morgan fingerprint density at radius 3 is 2.39 bits per heavy atom. The zero-order valence-corrected chi connectivity index (χ0v) is 15.8. The summed E-state index contributed by atoms with van der Waals surface area (Å²) in [5, 5.41) is 2.31. The average molecular weight is 401 g/mol. The fraction of sp³-hybridized carbons (Fsp3) is 0.227. The van der Waals surface area contributed by atoms with Crippen molar-refractivity contribution in [1.82, 2.24) is 4.90 Å². The highest BCUT2D eigenvalue weighted by molar-refractivity contribution is 7.08. The van der Waals surface area contributed by atoms with Crippen molar-refractivity contribution < 1.29 is 18.0 Å². The highest BCUT2D eigenvalue weighted by atomic mass is 32.1. The number of rotatable bonds is 5. The normalized spacial score (nSPS) is 14.1. The molecule has 0 radical (unpaired) electrons. The molecule has 1 aliphatic rings. The van der Waals surface area contributed by atoms with Crippen LogP contribution in [0.15, 0.2) is 65.4 Å². The smallest absolute Gasteiger partial charge is 0.331 e. The molecule has 144 valence electrons. The summed E-state index contributed by atoms with van der Waals surface area (Å²) in [4.78, 5) is 14.5. The molecule has 2 nitrogen and oxygen atoms in total. The molecule has 3 aromatic rings. The number of amides is 1.